The summed E-state index contributed by atoms with van der Waals surface area (Å²) in [6, 6.07) is 11.7. The molecule has 1 aliphatic heterocycles. The summed E-state index contributed by atoms with van der Waals surface area (Å²) in [7, 11) is 0. The third-order valence-electron chi connectivity index (χ3n) is 5.34. The Bertz CT molecular complexity index is 1090. The lowest BCUT2D eigenvalue weighted by Gasteiger charge is -2.26. The lowest BCUT2D eigenvalue weighted by Crippen LogP contribution is -2.49. The molecule has 1 N–H and O–H groups in total. The first-order valence-electron chi connectivity index (χ1n) is 11.4. The molecule has 1 aliphatic rings. The van der Waals surface area contributed by atoms with Gasteiger partial charge in [0.1, 0.15) is 23.9 Å². The highest BCUT2D eigenvalue weighted by molar-refractivity contribution is 5.95. The average molecular weight is 505 g/mol. The van der Waals surface area contributed by atoms with E-state index in [1.807, 2.05) is 6.07 Å². The molecule has 0 radical (unpaired) electrons. The van der Waals surface area contributed by atoms with Crippen LogP contribution in [0.3, 0.4) is 0 Å². The molecule has 0 saturated carbocycles. The van der Waals surface area contributed by atoms with Gasteiger partial charge in [-0.05, 0) is 62.6 Å². The summed E-state index contributed by atoms with van der Waals surface area (Å²) < 4.78 is 58.5. The first-order valence-corrected chi connectivity index (χ1v) is 11.4. The van der Waals surface area contributed by atoms with Gasteiger partial charge in [0.25, 0.3) is 5.91 Å². The van der Waals surface area contributed by atoms with E-state index < -0.39 is 23.6 Å². The van der Waals surface area contributed by atoms with Crippen molar-refractivity contribution in [3.8, 4) is 23.3 Å². The molecule has 1 heterocycles. The van der Waals surface area contributed by atoms with Crippen LogP contribution in [0.2, 0.25) is 0 Å². The smallest absolute Gasteiger partial charge is 0.490 e. The minimum atomic E-state index is -4.84. The summed E-state index contributed by atoms with van der Waals surface area (Å²) in [5, 5.41) is 12.3. The number of carbonyl (C=O) groups is 1. The summed E-state index contributed by atoms with van der Waals surface area (Å²) in [5.41, 5.74) is -0.651. The molecule has 0 aromatic heterocycles. The molecule has 2 aromatic rings. The van der Waals surface area contributed by atoms with E-state index in [1.54, 1.807) is 24.3 Å². The number of nitrogens with one attached hydrogen (secondary N) is 1. The van der Waals surface area contributed by atoms with Crippen LogP contribution in [0.1, 0.15) is 42.1 Å². The number of hydrogen-bond acceptors (Lipinski definition) is 6. The number of halogens is 3. The molecule has 7 nitrogen and oxygen atoms in total. The Morgan fingerprint density at radius 1 is 1.22 bits per heavy atom. The van der Waals surface area contributed by atoms with Crippen LogP contribution in [0.25, 0.3) is 0 Å². The predicted octanol–water partition coefficient (Wildman–Crippen LogP) is 5.31. The third kappa shape index (κ3) is 7.65. The Morgan fingerprint density at radius 3 is 2.56 bits per heavy atom. The average Bonchev–Trinajstić information content (AvgIpc) is 2.84. The van der Waals surface area contributed by atoms with Gasteiger partial charge in [-0.3, -0.25) is 4.79 Å². The maximum Gasteiger partial charge on any atom is 0.573 e. The lowest BCUT2D eigenvalue weighted by molar-refractivity contribution is -0.274. The molecule has 0 aliphatic carbocycles. The van der Waals surface area contributed by atoms with E-state index >= 15 is 0 Å². The Hall–Kier alpha value is -3.71. The number of ether oxygens (including phenoxy) is 4. The van der Waals surface area contributed by atoms with Crippen LogP contribution in [-0.4, -0.2) is 37.3 Å². The second-order valence-electron chi connectivity index (χ2n) is 8.40. The highest BCUT2D eigenvalue weighted by Crippen LogP contribution is 2.32. The molecule has 0 bridgehead atoms. The summed E-state index contributed by atoms with van der Waals surface area (Å²) >= 11 is 0. The second kappa shape index (κ2) is 11.8. The molecule has 192 valence electrons. The number of nitriles is 1. The summed E-state index contributed by atoms with van der Waals surface area (Å²) in [6.07, 6.45) is -0.261. The van der Waals surface area contributed by atoms with E-state index in [-0.39, 0.29) is 18.5 Å². The molecule has 2 aromatic carbocycles. The Kier molecular flexibility index (Phi) is 8.83. The molecular formula is C26H27F3N2O5. The van der Waals surface area contributed by atoms with Crippen LogP contribution < -0.4 is 19.5 Å². The van der Waals surface area contributed by atoms with Crippen molar-refractivity contribution < 1.29 is 36.9 Å². The lowest BCUT2D eigenvalue weighted by atomic mass is 10.0. The monoisotopic (exact) mass is 504 g/mol. The number of hydrogen-bond donors (Lipinski definition) is 1. The minimum absolute atomic E-state index is 0.0567. The quantitative estimate of drug-likeness (QED) is 0.441. The predicted molar refractivity (Wildman–Crippen MR) is 125 cm³/mol. The third-order valence-corrected chi connectivity index (χ3v) is 5.34. The summed E-state index contributed by atoms with van der Waals surface area (Å²) in [5.74, 6) is -0.0595. The minimum Gasteiger partial charge on any atom is -0.490 e. The van der Waals surface area contributed by atoms with Crippen molar-refractivity contribution in [2.45, 2.75) is 50.8 Å². The van der Waals surface area contributed by atoms with Gasteiger partial charge < -0.3 is 24.3 Å². The van der Waals surface area contributed by atoms with E-state index in [4.69, 9.17) is 14.2 Å². The molecular weight excluding hydrogens is 477 g/mol. The molecule has 1 amide bonds. The maximum absolute atomic E-state index is 12.6. The number of nitrogens with zero attached hydrogens (tertiary/aromatic N) is 1. The van der Waals surface area contributed by atoms with Crippen LogP contribution in [-0.2, 0) is 11.2 Å². The van der Waals surface area contributed by atoms with Gasteiger partial charge in [-0.1, -0.05) is 12.1 Å². The number of rotatable bonds is 10. The SMILES string of the molecule is C=CCc1c(OC[C@@](C)(C#N)NC(=O)c2ccc(OC(F)(F)F)cc2)cccc1O[C@H]1CCCCO1. The number of alkyl halides is 3. The summed E-state index contributed by atoms with van der Waals surface area (Å²) in [4.78, 5) is 12.6. The Balaban J connectivity index is 1.68. The van der Waals surface area contributed by atoms with Gasteiger partial charge in [-0.2, -0.15) is 5.26 Å². The highest BCUT2D eigenvalue weighted by atomic mass is 19.4. The van der Waals surface area contributed by atoms with Crippen molar-refractivity contribution in [3.05, 3.63) is 66.2 Å². The molecule has 36 heavy (non-hydrogen) atoms. The molecule has 1 saturated heterocycles. The molecule has 2 atom stereocenters. The molecule has 0 unspecified atom stereocenters. The zero-order valence-electron chi connectivity index (χ0n) is 19.8. The second-order valence-corrected chi connectivity index (χ2v) is 8.40. The van der Waals surface area contributed by atoms with Crippen molar-refractivity contribution in [2.75, 3.05) is 13.2 Å². The van der Waals surface area contributed by atoms with E-state index in [2.05, 4.69) is 16.6 Å². The Labute approximate surface area is 207 Å². The van der Waals surface area contributed by atoms with Crippen molar-refractivity contribution in [1.82, 2.24) is 5.32 Å². The number of carbonyl (C=O) groups excluding carboxylic acids is 1. The van der Waals surface area contributed by atoms with Crippen LogP contribution in [0.15, 0.2) is 55.1 Å². The fourth-order valence-corrected chi connectivity index (χ4v) is 3.53. The number of benzene rings is 2. The van der Waals surface area contributed by atoms with E-state index in [1.165, 1.54) is 19.1 Å². The maximum atomic E-state index is 12.6. The van der Waals surface area contributed by atoms with Gasteiger partial charge in [0.2, 0.25) is 0 Å². The van der Waals surface area contributed by atoms with Crippen molar-refractivity contribution in [1.29, 1.82) is 5.26 Å². The van der Waals surface area contributed by atoms with Crippen LogP contribution in [0.5, 0.6) is 17.2 Å². The van der Waals surface area contributed by atoms with Crippen LogP contribution >= 0.6 is 0 Å². The highest BCUT2D eigenvalue weighted by Gasteiger charge is 2.32. The number of amides is 1. The molecule has 10 heteroatoms. The van der Waals surface area contributed by atoms with Gasteiger partial charge in [-0.15, -0.1) is 19.8 Å². The van der Waals surface area contributed by atoms with Crippen LogP contribution in [0, 0.1) is 11.3 Å². The zero-order chi connectivity index (χ0) is 26.2. The topological polar surface area (TPSA) is 89.8 Å². The fraction of sp³-hybridized carbons (Fsp3) is 0.385. The van der Waals surface area contributed by atoms with E-state index in [0.29, 0.717) is 24.5 Å². The molecule has 3 rings (SSSR count). The van der Waals surface area contributed by atoms with Gasteiger partial charge in [0.05, 0.1) is 12.7 Å². The van der Waals surface area contributed by atoms with Gasteiger partial charge in [0, 0.05) is 17.5 Å². The van der Waals surface area contributed by atoms with Gasteiger partial charge in [0.15, 0.2) is 11.8 Å². The summed E-state index contributed by atoms with van der Waals surface area (Å²) in [6.45, 7) is 5.71. The first-order chi connectivity index (χ1) is 17.1. The van der Waals surface area contributed by atoms with Crippen LogP contribution in [0.4, 0.5) is 13.2 Å². The standard InChI is InChI=1S/C26H27F3N2O5/c1-3-7-20-21(8-6-9-22(20)35-23-10-4-5-15-33-23)34-17-25(2,16-30)31-24(32)18-11-13-19(14-12-18)36-26(27,28)29/h3,6,8-9,11-14,23H,1,4-5,7,10,15,17H2,2H3,(H,31,32)/t23-,25+/m0/s1. The zero-order valence-corrected chi connectivity index (χ0v) is 19.8. The van der Waals surface area contributed by atoms with Crippen molar-refractivity contribution >= 4 is 5.91 Å². The first kappa shape index (κ1) is 26.9. The van der Waals surface area contributed by atoms with Gasteiger partial charge in [-0.25, -0.2) is 0 Å². The molecule has 0 spiro atoms. The van der Waals surface area contributed by atoms with Gasteiger partial charge >= 0.3 is 6.36 Å². The molecule has 1 fully saturated rings. The van der Waals surface area contributed by atoms with E-state index in [0.717, 1.165) is 37.0 Å². The van der Waals surface area contributed by atoms with Crippen molar-refractivity contribution in [2.24, 2.45) is 0 Å². The Morgan fingerprint density at radius 2 is 1.94 bits per heavy atom. The normalized spacial score (nSPS) is 17.2. The number of allylic oxidation sites excluding steroid dienone is 1. The van der Waals surface area contributed by atoms with Crippen molar-refractivity contribution in [3.63, 3.8) is 0 Å². The largest absolute Gasteiger partial charge is 0.573 e. The fourth-order valence-electron chi connectivity index (χ4n) is 3.53. The van der Waals surface area contributed by atoms with E-state index in [9.17, 15) is 23.2 Å².